The van der Waals surface area contributed by atoms with Crippen LogP contribution in [-0.2, 0) is 4.79 Å². The van der Waals surface area contributed by atoms with Crippen molar-refractivity contribution in [2.24, 2.45) is 23.6 Å². The summed E-state index contributed by atoms with van der Waals surface area (Å²) in [6.07, 6.45) is 22.9. The van der Waals surface area contributed by atoms with Gasteiger partial charge in [-0.1, -0.05) is 89.9 Å². The van der Waals surface area contributed by atoms with Crippen LogP contribution in [0.4, 0.5) is 0 Å². The van der Waals surface area contributed by atoms with E-state index < -0.39 is 0 Å². The second-order valence-electron chi connectivity index (χ2n) is 8.44. The summed E-state index contributed by atoms with van der Waals surface area (Å²) in [5.74, 6) is 7.45. The number of nitrogens with one attached hydrogen (secondary N) is 1. The van der Waals surface area contributed by atoms with Crippen molar-refractivity contribution in [2.75, 3.05) is 0 Å². The lowest BCUT2D eigenvalue weighted by Gasteiger charge is -2.25. The van der Waals surface area contributed by atoms with E-state index in [2.05, 4.69) is 5.43 Å². The molecule has 0 bridgehead atoms. The minimum Gasteiger partial charge on any atom is -0.294 e. The first-order valence-corrected chi connectivity index (χ1v) is 10.8. The summed E-state index contributed by atoms with van der Waals surface area (Å²) in [4.78, 5) is 11.9. The van der Waals surface area contributed by atoms with Crippen LogP contribution in [0.15, 0.2) is 0 Å². The molecular formula is C21H40N2O. The number of nitrogens with two attached hydrogens (primary N) is 1. The zero-order valence-corrected chi connectivity index (χ0v) is 15.7. The van der Waals surface area contributed by atoms with Crippen molar-refractivity contribution in [1.82, 2.24) is 5.43 Å². The highest BCUT2D eigenvalue weighted by molar-refractivity contribution is 5.77. The van der Waals surface area contributed by atoms with Crippen LogP contribution in [0.2, 0.25) is 0 Å². The fourth-order valence-electron chi connectivity index (χ4n) is 4.98. The van der Waals surface area contributed by atoms with E-state index in [1.54, 1.807) is 0 Å². The van der Waals surface area contributed by atoms with Crippen molar-refractivity contribution < 1.29 is 4.79 Å². The van der Waals surface area contributed by atoms with Gasteiger partial charge in [0.2, 0.25) is 5.91 Å². The Labute approximate surface area is 149 Å². The van der Waals surface area contributed by atoms with Crippen molar-refractivity contribution >= 4 is 5.91 Å². The summed E-state index contributed by atoms with van der Waals surface area (Å²) < 4.78 is 0. The van der Waals surface area contributed by atoms with E-state index in [0.29, 0.717) is 0 Å². The lowest BCUT2D eigenvalue weighted by atomic mass is 9.81. The maximum atomic E-state index is 11.9. The molecule has 0 saturated heterocycles. The maximum Gasteiger partial charge on any atom is 0.236 e. The minimum absolute atomic E-state index is 0.0609. The van der Waals surface area contributed by atoms with E-state index >= 15 is 0 Å². The molecule has 2 saturated carbocycles. The first-order valence-electron chi connectivity index (χ1n) is 10.8. The Hall–Kier alpha value is -0.570. The quantitative estimate of drug-likeness (QED) is 0.407. The molecule has 0 aromatic rings. The highest BCUT2D eigenvalue weighted by Crippen LogP contribution is 2.33. The van der Waals surface area contributed by atoms with Crippen LogP contribution in [-0.4, -0.2) is 5.91 Å². The van der Waals surface area contributed by atoms with E-state index in [1.165, 1.54) is 96.3 Å². The molecule has 0 aromatic carbocycles. The molecule has 3 nitrogen and oxygen atoms in total. The molecule has 3 heteroatoms. The molecule has 24 heavy (non-hydrogen) atoms. The number of hydrogen-bond donors (Lipinski definition) is 2. The fourth-order valence-corrected chi connectivity index (χ4v) is 4.98. The zero-order valence-electron chi connectivity index (χ0n) is 15.7. The molecular weight excluding hydrogens is 296 g/mol. The highest BCUT2D eigenvalue weighted by atomic mass is 16.2. The third-order valence-corrected chi connectivity index (χ3v) is 6.48. The van der Waals surface area contributed by atoms with E-state index in [-0.39, 0.29) is 11.8 Å². The predicted octanol–water partition coefficient (Wildman–Crippen LogP) is 5.48. The van der Waals surface area contributed by atoms with E-state index in [0.717, 1.165) is 24.7 Å². The van der Waals surface area contributed by atoms with Crippen molar-refractivity contribution in [3.05, 3.63) is 0 Å². The first kappa shape index (κ1) is 19.8. The van der Waals surface area contributed by atoms with Gasteiger partial charge in [-0.3, -0.25) is 10.2 Å². The van der Waals surface area contributed by atoms with Crippen LogP contribution in [0.5, 0.6) is 0 Å². The third kappa shape index (κ3) is 7.55. The van der Waals surface area contributed by atoms with Gasteiger partial charge in [0.25, 0.3) is 0 Å². The Morgan fingerprint density at radius 2 is 1.08 bits per heavy atom. The first-order chi connectivity index (χ1) is 11.8. The average Bonchev–Trinajstić information content (AvgIpc) is 2.61. The van der Waals surface area contributed by atoms with Gasteiger partial charge in [0.15, 0.2) is 0 Å². The number of carbonyl (C=O) groups excluding carboxylic acids is 1. The molecule has 3 N–H and O–H groups in total. The Balaban J connectivity index is 1.82. The molecule has 2 rings (SSSR count). The lowest BCUT2D eigenvalue weighted by Crippen LogP contribution is -2.36. The summed E-state index contributed by atoms with van der Waals surface area (Å²) in [6, 6.07) is 0. The molecule has 2 aliphatic carbocycles. The van der Waals surface area contributed by atoms with E-state index in [9.17, 15) is 4.79 Å². The number of hydrogen-bond acceptors (Lipinski definition) is 2. The smallest absolute Gasteiger partial charge is 0.236 e. The van der Waals surface area contributed by atoms with Crippen LogP contribution >= 0.6 is 0 Å². The van der Waals surface area contributed by atoms with Crippen LogP contribution in [0.25, 0.3) is 0 Å². The molecule has 2 fully saturated rings. The second kappa shape index (κ2) is 11.9. The molecule has 0 aromatic heterocycles. The van der Waals surface area contributed by atoms with Crippen LogP contribution < -0.4 is 11.3 Å². The number of hydrazine groups is 1. The summed E-state index contributed by atoms with van der Waals surface area (Å²) in [5, 5.41) is 0. The molecule has 1 amide bonds. The SMILES string of the molecule is NNC(=O)C1CCCCCCC(CC2CCCCCCC2)CCC1. The van der Waals surface area contributed by atoms with Gasteiger partial charge in [-0.15, -0.1) is 0 Å². The zero-order chi connectivity index (χ0) is 17.0. The van der Waals surface area contributed by atoms with E-state index in [4.69, 9.17) is 5.84 Å². The van der Waals surface area contributed by atoms with Crippen LogP contribution in [0, 0.1) is 17.8 Å². The number of rotatable bonds is 3. The number of amides is 1. The Morgan fingerprint density at radius 1 is 0.667 bits per heavy atom. The van der Waals surface area contributed by atoms with Crippen molar-refractivity contribution in [3.63, 3.8) is 0 Å². The van der Waals surface area contributed by atoms with Gasteiger partial charge >= 0.3 is 0 Å². The van der Waals surface area contributed by atoms with Gasteiger partial charge in [0.1, 0.15) is 0 Å². The predicted molar refractivity (Wildman–Crippen MR) is 101 cm³/mol. The average molecular weight is 337 g/mol. The van der Waals surface area contributed by atoms with Crippen molar-refractivity contribution in [1.29, 1.82) is 0 Å². The molecule has 0 radical (unpaired) electrons. The molecule has 0 spiro atoms. The normalized spacial score (nSPS) is 29.0. The van der Waals surface area contributed by atoms with E-state index in [1.807, 2.05) is 0 Å². The molecule has 0 aliphatic heterocycles. The summed E-state index contributed by atoms with van der Waals surface area (Å²) in [7, 11) is 0. The maximum absolute atomic E-state index is 11.9. The molecule has 2 atom stereocenters. The topological polar surface area (TPSA) is 55.1 Å². The summed E-state index contributed by atoms with van der Waals surface area (Å²) in [5.41, 5.74) is 2.39. The van der Waals surface area contributed by atoms with Crippen molar-refractivity contribution in [2.45, 2.75) is 109 Å². The lowest BCUT2D eigenvalue weighted by molar-refractivity contribution is -0.125. The summed E-state index contributed by atoms with van der Waals surface area (Å²) >= 11 is 0. The molecule has 2 aliphatic rings. The van der Waals surface area contributed by atoms with Crippen LogP contribution in [0.3, 0.4) is 0 Å². The van der Waals surface area contributed by atoms with Crippen molar-refractivity contribution in [3.8, 4) is 0 Å². The van der Waals surface area contributed by atoms with Crippen LogP contribution in [0.1, 0.15) is 109 Å². The van der Waals surface area contributed by atoms with Gasteiger partial charge in [-0.2, -0.15) is 0 Å². The molecule has 0 heterocycles. The van der Waals surface area contributed by atoms with Gasteiger partial charge < -0.3 is 0 Å². The van der Waals surface area contributed by atoms with Gasteiger partial charge in [-0.05, 0) is 31.1 Å². The monoisotopic (exact) mass is 336 g/mol. The van der Waals surface area contributed by atoms with Gasteiger partial charge in [0.05, 0.1) is 0 Å². The number of carbonyl (C=O) groups is 1. The van der Waals surface area contributed by atoms with Gasteiger partial charge in [0, 0.05) is 5.92 Å². The Bertz CT molecular complexity index is 337. The fraction of sp³-hybridized carbons (Fsp3) is 0.952. The Morgan fingerprint density at radius 3 is 1.62 bits per heavy atom. The highest BCUT2D eigenvalue weighted by Gasteiger charge is 2.21. The Kier molecular flexibility index (Phi) is 9.79. The standard InChI is InChI=1S/C21H40N2O/c22-23-21(24)20-15-9-5-4-8-13-19(14-10-16-20)17-18-11-6-2-1-3-7-12-18/h18-20H,1-17,22H2,(H,23,24). The second-order valence-corrected chi connectivity index (χ2v) is 8.44. The molecule has 140 valence electrons. The van der Waals surface area contributed by atoms with Gasteiger partial charge in [-0.25, -0.2) is 5.84 Å². The largest absolute Gasteiger partial charge is 0.294 e. The summed E-state index contributed by atoms with van der Waals surface area (Å²) in [6.45, 7) is 0. The molecule has 2 unspecified atom stereocenters. The minimum atomic E-state index is 0.0609. The third-order valence-electron chi connectivity index (χ3n) is 6.48.